The molecule has 1 aromatic rings. The third-order valence-corrected chi connectivity index (χ3v) is 5.35. The Morgan fingerprint density at radius 3 is 2.62 bits per heavy atom. The summed E-state index contributed by atoms with van der Waals surface area (Å²) in [4.78, 5) is 16.9. The minimum Gasteiger partial charge on any atom is -0.361 e. The van der Waals surface area contributed by atoms with Gasteiger partial charge in [0.05, 0.1) is 12.2 Å². The maximum Gasteiger partial charge on any atom is 0.234 e. The molecule has 0 bridgehead atoms. The molecule has 3 rings (SSSR count). The highest BCUT2D eigenvalue weighted by Crippen LogP contribution is 2.23. The minimum atomic E-state index is 0.189. The van der Waals surface area contributed by atoms with Crippen LogP contribution in [-0.4, -0.2) is 59.6 Å². The van der Waals surface area contributed by atoms with E-state index in [2.05, 4.69) is 27.2 Å². The molecular formula is C18H30N4O2. The second-order valence-corrected chi connectivity index (χ2v) is 7.42. The lowest BCUT2D eigenvalue weighted by molar-refractivity contribution is -0.124. The van der Waals surface area contributed by atoms with Gasteiger partial charge in [0.2, 0.25) is 5.91 Å². The van der Waals surface area contributed by atoms with Gasteiger partial charge >= 0.3 is 0 Å². The maximum atomic E-state index is 12.3. The van der Waals surface area contributed by atoms with Crippen molar-refractivity contribution in [3.05, 3.63) is 17.5 Å². The molecule has 0 radical (unpaired) electrons. The second kappa shape index (κ2) is 8.12. The van der Waals surface area contributed by atoms with Gasteiger partial charge in [0.15, 0.2) is 0 Å². The predicted octanol–water partition coefficient (Wildman–Crippen LogP) is 1.80. The molecule has 1 saturated carbocycles. The Balaban J connectivity index is 1.37. The molecule has 6 nitrogen and oxygen atoms in total. The van der Waals surface area contributed by atoms with Crippen LogP contribution in [0.1, 0.15) is 44.1 Å². The van der Waals surface area contributed by atoms with Crippen molar-refractivity contribution < 1.29 is 9.32 Å². The molecule has 1 saturated heterocycles. The zero-order chi connectivity index (χ0) is 16.9. The molecule has 134 valence electrons. The van der Waals surface area contributed by atoms with E-state index in [1.54, 1.807) is 0 Å². The Bertz CT molecular complexity index is 537. The molecule has 1 aliphatic heterocycles. The largest absolute Gasteiger partial charge is 0.361 e. The Hall–Kier alpha value is -1.40. The number of aromatic nitrogens is 1. The van der Waals surface area contributed by atoms with Crippen molar-refractivity contribution in [2.45, 2.75) is 52.1 Å². The number of amides is 1. The van der Waals surface area contributed by atoms with Gasteiger partial charge in [-0.15, -0.1) is 0 Å². The van der Waals surface area contributed by atoms with Gasteiger partial charge in [-0.3, -0.25) is 14.6 Å². The summed E-state index contributed by atoms with van der Waals surface area (Å²) in [5.41, 5.74) is 0.991. The van der Waals surface area contributed by atoms with E-state index in [-0.39, 0.29) is 5.91 Å². The number of piperazine rings is 1. The molecule has 0 aromatic carbocycles. The van der Waals surface area contributed by atoms with Gasteiger partial charge in [-0.05, 0) is 25.7 Å². The van der Waals surface area contributed by atoms with Crippen LogP contribution in [0.4, 0.5) is 0 Å². The van der Waals surface area contributed by atoms with Crippen LogP contribution in [0.15, 0.2) is 10.6 Å². The third kappa shape index (κ3) is 4.80. The van der Waals surface area contributed by atoms with Gasteiger partial charge in [-0.2, -0.15) is 0 Å². The monoisotopic (exact) mass is 334 g/mol. The molecule has 2 atom stereocenters. The predicted molar refractivity (Wildman–Crippen MR) is 92.5 cm³/mol. The van der Waals surface area contributed by atoms with Crippen LogP contribution in [-0.2, 0) is 11.3 Å². The number of nitrogens with one attached hydrogen (secondary N) is 1. The van der Waals surface area contributed by atoms with E-state index < -0.39 is 0 Å². The molecule has 1 amide bonds. The van der Waals surface area contributed by atoms with Crippen LogP contribution in [0.2, 0.25) is 0 Å². The fraction of sp³-hybridized carbons (Fsp3) is 0.778. The molecule has 2 heterocycles. The number of carbonyl (C=O) groups excluding carboxylic acids is 1. The van der Waals surface area contributed by atoms with E-state index in [0.29, 0.717) is 18.5 Å². The van der Waals surface area contributed by atoms with Crippen LogP contribution in [0.25, 0.3) is 0 Å². The topological polar surface area (TPSA) is 61.6 Å². The van der Waals surface area contributed by atoms with E-state index in [1.807, 2.05) is 13.0 Å². The first kappa shape index (κ1) is 17.4. The zero-order valence-corrected chi connectivity index (χ0v) is 15.0. The van der Waals surface area contributed by atoms with Crippen molar-refractivity contribution >= 4 is 5.91 Å². The standard InChI is InChI=1S/C18H30N4O2/c1-14-5-3-4-6-17(14)19-18(23)13-22-9-7-21(8-10-22)12-16-11-15(2)24-20-16/h11,14,17H,3-10,12-13H2,1-2H3,(H,19,23)/t14-,17+/m0/s1. The lowest BCUT2D eigenvalue weighted by Crippen LogP contribution is -2.51. The smallest absolute Gasteiger partial charge is 0.234 e. The molecule has 1 aliphatic carbocycles. The van der Waals surface area contributed by atoms with E-state index in [9.17, 15) is 4.79 Å². The average Bonchev–Trinajstić information content (AvgIpc) is 2.96. The Morgan fingerprint density at radius 1 is 1.25 bits per heavy atom. The van der Waals surface area contributed by atoms with E-state index in [0.717, 1.165) is 50.6 Å². The minimum absolute atomic E-state index is 0.189. The summed E-state index contributed by atoms with van der Waals surface area (Å²) in [7, 11) is 0. The second-order valence-electron chi connectivity index (χ2n) is 7.42. The zero-order valence-electron chi connectivity index (χ0n) is 15.0. The number of hydrogen-bond donors (Lipinski definition) is 1. The van der Waals surface area contributed by atoms with Crippen molar-refractivity contribution in [1.29, 1.82) is 0 Å². The normalized spacial score (nSPS) is 26.4. The number of aryl methyl sites for hydroxylation is 1. The lowest BCUT2D eigenvalue weighted by atomic mass is 9.86. The van der Waals surface area contributed by atoms with Crippen LogP contribution in [0.5, 0.6) is 0 Å². The van der Waals surface area contributed by atoms with Crippen LogP contribution in [0, 0.1) is 12.8 Å². The van der Waals surface area contributed by atoms with E-state index in [4.69, 9.17) is 4.52 Å². The summed E-state index contributed by atoms with van der Waals surface area (Å²) in [6.45, 7) is 9.35. The van der Waals surface area contributed by atoms with Crippen molar-refractivity contribution in [1.82, 2.24) is 20.3 Å². The summed E-state index contributed by atoms with van der Waals surface area (Å²) < 4.78 is 5.12. The van der Waals surface area contributed by atoms with Crippen molar-refractivity contribution in [2.75, 3.05) is 32.7 Å². The van der Waals surface area contributed by atoms with Crippen molar-refractivity contribution in [3.8, 4) is 0 Å². The maximum absolute atomic E-state index is 12.3. The van der Waals surface area contributed by atoms with E-state index >= 15 is 0 Å². The number of nitrogens with zero attached hydrogens (tertiary/aromatic N) is 3. The Kier molecular flexibility index (Phi) is 5.89. The summed E-state index contributed by atoms with van der Waals surface area (Å²) in [5, 5.41) is 7.31. The molecule has 6 heteroatoms. The molecule has 2 aliphatic rings. The molecule has 1 aromatic heterocycles. The van der Waals surface area contributed by atoms with Gasteiger partial charge in [0, 0.05) is 44.8 Å². The highest BCUT2D eigenvalue weighted by Gasteiger charge is 2.25. The number of carbonyl (C=O) groups is 1. The Labute approximate surface area is 144 Å². The quantitative estimate of drug-likeness (QED) is 0.890. The van der Waals surface area contributed by atoms with Crippen LogP contribution >= 0.6 is 0 Å². The van der Waals surface area contributed by atoms with Crippen molar-refractivity contribution in [3.63, 3.8) is 0 Å². The summed E-state index contributed by atoms with van der Waals surface area (Å²) in [6.07, 6.45) is 4.93. The SMILES string of the molecule is Cc1cc(CN2CCN(CC(=O)N[C@@H]3CCCC[C@@H]3C)CC2)no1. The number of rotatable bonds is 5. The molecule has 0 unspecified atom stereocenters. The molecule has 2 fully saturated rings. The van der Waals surface area contributed by atoms with E-state index in [1.165, 1.54) is 19.3 Å². The third-order valence-electron chi connectivity index (χ3n) is 5.35. The van der Waals surface area contributed by atoms with Crippen LogP contribution in [0.3, 0.4) is 0 Å². The van der Waals surface area contributed by atoms with Gasteiger partial charge in [0.25, 0.3) is 0 Å². The number of hydrogen-bond acceptors (Lipinski definition) is 5. The molecule has 0 spiro atoms. The summed E-state index contributed by atoms with van der Waals surface area (Å²) >= 11 is 0. The average molecular weight is 334 g/mol. The first-order valence-electron chi connectivity index (χ1n) is 9.26. The van der Waals surface area contributed by atoms with Gasteiger partial charge < -0.3 is 9.84 Å². The fourth-order valence-electron chi connectivity index (χ4n) is 3.81. The highest BCUT2D eigenvalue weighted by molar-refractivity contribution is 5.78. The van der Waals surface area contributed by atoms with Gasteiger partial charge in [-0.25, -0.2) is 0 Å². The summed E-state index contributed by atoms with van der Waals surface area (Å²) in [5.74, 6) is 1.66. The summed E-state index contributed by atoms with van der Waals surface area (Å²) in [6, 6.07) is 2.37. The molecular weight excluding hydrogens is 304 g/mol. The van der Waals surface area contributed by atoms with Gasteiger partial charge in [0.1, 0.15) is 5.76 Å². The van der Waals surface area contributed by atoms with Gasteiger partial charge in [-0.1, -0.05) is 24.9 Å². The highest BCUT2D eigenvalue weighted by atomic mass is 16.5. The molecule has 1 N–H and O–H groups in total. The lowest BCUT2D eigenvalue weighted by Gasteiger charge is -2.35. The van der Waals surface area contributed by atoms with Crippen molar-refractivity contribution in [2.24, 2.45) is 5.92 Å². The fourth-order valence-corrected chi connectivity index (χ4v) is 3.81. The molecule has 24 heavy (non-hydrogen) atoms. The Morgan fingerprint density at radius 2 is 1.96 bits per heavy atom. The first-order valence-corrected chi connectivity index (χ1v) is 9.26. The van der Waals surface area contributed by atoms with Crippen LogP contribution < -0.4 is 5.32 Å². The first-order chi connectivity index (χ1) is 11.6.